The summed E-state index contributed by atoms with van der Waals surface area (Å²) in [6.07, 6.45) is 0. The van der Waals surface area contributed by atoms with E-state index in [0.29, 0.717) is 30.4 Å². The summed E-state index contributed by atoms with van der Waals surface area (Å²) >= 11 is 0. The summed E-state index contributed by atoms with van der Waals surface area (Å²) in [7, 11) is 1.44. The van der Waals surface area contributed by atoms with Crippen LogP contribution in [0.3, 0.4) is 0 Å². The van der Waals surface area contributed by atoms with Gasteiger partial charge in [0.25, 0.3) is 0 Å². The van der Waals surface area contributed by atoms with Gasteiger partial charge in [-0.2, -0.15) is 0 Å². The third kappa shape index (κ3) is 4.83. The topological polar surface area (TPSA) is 106 Å². The van der Waals surface area contributed by atoms with Crippen molar-refractivity contribution in [2.75, 3.05) is 38.8 Å². The fraction of sp³-hybridized carbons (Fsp3) is 0.467. The zero-order chi connectivity index (χ0) is 16.9. The van der Waals surface area contributed by atoms with Crippen molar-refractivity contribution in [2.45, 2.75) is 12.5 Å². The van der Waals surface area contributed by atoms with Gasteiger partial charge in [0.2, 0.25) is 0 Å². The number of ether oxygens (including phenoxy) is 3. The Morgan fingerprint density at radius 2 is 1.96 bits per heavy atom. The molecule has 0 bridgehead atoms. The van der Waals surface area contributed by atoms with Gasteiger partial charge in [0.05, 0.1) is 6.61 Å². The van der Waals surface area contributed by atoms with Gasteiger partial charge < -0.3 is 30.0 Å². The quantitative estimate of drug-likeness (QED) is 0.654. The highest BCUT2D eigenvalue weighted by atomic mass is 16.6. The van der Waals surface area contributed by atoms with Gasteiger partial charge in [0, 0.05) is 25.4 Å². The van der Waals surface area contributed by atoms with E-state index in [4.69, 9.17) is 14.2 Å². The fourth-order valence-electron chi connectivity index (χ4n) is 2.02. The number of benzene rings is 1. The molecule has 126 valence electrons. The Balaban J connectivity index is 1.90. The number of aliphatic hydroxyl groups is 1. The molecular formula is C15H20N2O6. The van der Waals surface area contributed by atoms with E-state index in [9.17, 15) is 14.7 Å². The summed E-state index contributed by atoms with van der Waals surface area (Å²) < 4.78 is 15.6. The van der Waals surface area contributed by atoms with Crippen LogP contribution in [0.15, 0.2) is 18.2 Å². The minimum absolute atomic E-state index is 0.0388. The van der Waals surface area contributed by atoms with Crippen molar-refractivity contribution in [3.63, 3.8) is 0 Å². The molecule has 2 amide bonds. The molecule has 0 radical (unpaired) electrons. The van der Waals surface area contributed by atoms with Crippen LogP contribution < -0.4 is 20.1 Å². The van der Waals surface area contributed by atoms with E-state index in [0.717, 1.165) is 0 Å². The van der Waals surface area contributed by atoms with Crippen LogP contribution in [-0.4, -0.2) is 56.0 Å². The molecule has 1 heterocycles. The Morgan fingerprint density at radius 1 is 1.26 bits per heavy atom. The summed E-state index contributed by atoms with van der Waals surface area (Å²) in [5, 5.41) is 14.7. The van der Waals surface area contributed by atoms with E-state index in [-0.39, 0.29) is 13.2 Å². The smallest absolute Gasteiger partial charge is 0.313 e. The van der Waals surface area contributed by atoms with Crippen molar-refractivity contribution in [2.24, 2.45) is 0 Å². The van der Waals surface area contributed by atoms with E-state index in [1.54, 1.807) is 18.2 Å². The maximum atomic E-state index is 11.8. The minimum atomic E-state index is -1.25. The lowest BCUT2D eigenvalue weighted by Crippen LogP contribution is -2.46. The number of hydrogen-bond donors (Lipinski definition) is 3. The number of nitrogens with one attached hydrogen (secondary N) is 2. The summed E-state index contributed by atoms with van der Waals surface area (Å²) in [5.41, 5.74) is -0.833. The minimum Gasteiger partial charge on any atom is -0.486 e. The highest BCUT2D eigenvalue weighted by molar-refractivity contribution is 6.39. The Kier molecular flexibility index (Phi) is 5.41. The molecule has 0 aromatic heterocycles. The third-order valence-corrected chi connectivity index (χ3v) is 3.09. The summed E-state index contributed by atoms with van der Waals surface area (Å²) in [4.78, 5) is 23.6. The van der Waals surface area contributed by atoms with E-state index in [1.807, 2.05) is 0 Å². The first-order valence-corrected chi connectivity index (χ1v) is 7.11. The summed E-state index contributed by atoms with van der Waals surface area (Å²) in [6, 6.07) is 4.85. The van der Waals surface area contributed by atoms with Gasteiger partial charge >= 0.3 is 11.8 Å². The average Bonchev–Trinajstić information content (AvgIpc) is 2.52. The van der Waals surface area contributed by atoms with Crippen molar-refractivity contribution >= 4 is 17.5 Å². The van der Waals surface area contributed by atoms with Crippen molar-refractivity contribution in [1.82, 2.24) is 5.32 Å². The molecule has 3 N–H and O–H groups in total. The molecule has 23 heavy (non-hydrogen) atoms. The predicted molar refractivity (Wildman–Crippen MR) is 81.6 cm³/mol. The normalized spacial score (nSPS) is 15.4. The lowest BCUT2D eigenvalue weighted by Gasteiger charge is -2.22. The maximum absolute atomic E-state index is 11.8. The third-order valence-electron chi connectivity index (χ3n) is 3.09. The number of hydrogen-bond acceptors (Lipinski definition) is 6. The molecule has 8 nitrogen and oxygen atoms in total. The average molecular weight is 324 g/mol. The van der Waals surface area contributed by atoms with Crippen LogP contribution in [-0.2, 0) is 14.3 Å². The predicted octanol–water partition coefficient (Wildman–Crippen LogP) is -0.0901. The van der Waals surface area contributed by atoms with Crippen LogP contribution in [0.2, 0.25) is 0 Å². The van der Waals surface area contributed by atoms with Gasteiger partial charge in [0.1, 0.15) is 18.8 Å². The number of carbonyl (C=O) groups excluding carboxylic acids is 2. The SMILES string of the molecule is COCC(C)(O)CNC(=O)C(=O)Nc1ccc2c(c1)OCCO2. The highest BCUT2D eigenvalue weighted by Gasteiger charge is 2.23. The molecule has 1 aromatic rings. The van der Waals surface area contributed by atoms with Crippen LogP contribution in [0.4, 0.5) is 5.69 Å². The van der Waals surface area contributed by atoms with Crippen LogP contribution in [0.1, 0.15) is 6.92 Å². The Labute approximate surface area is 133 Å². The van der Waals surface area contributed by atoms with Crippen molar-refractivity contribution in [3.8, 4) is 11.5 Å². The molecule has 0 aliphatic carbocycles. The maximum Gasteiger partial charge on any atom is 0.313 e. The van der Waals surface area contributed by atoms with E-state index < -0.39 is 17.4 Å². The van der Waals surface area contributed by atoms with Gasteiger partial charge in [-0.25, -0.2) is 0 Å². The molecule has 1 aliphatic heterocycles. The van der Waals surface area contributed by atoms with Crippen molar-refractivity contribution < 1.29 is 28.9 Å². The largest absolute Gasteiger partial charge is 0.486 e. The zero-order valence-electron chi connectivity index (χ0n) is 13.0. The first-order valence-electron chi connectivity index (χ1n) is 7.11. The second-order valence-electron chi connectivity index (χ2n) is 5.43. The van der Waals surface area contributed by atoms with Crippen LogP contribution >= 0.6 is 0 Å². The molecular weight excluding hydrogens is 304 g/mol. The Hall–Kier alpha value is -2.32. The monoisotopic (exact) mass is 324 g/mol. The number of carbonyl (C=O) groups is 2. The summed E-state index contributed by atoms with van der Waals surface area (Å²) in [5.74, 6) is -0.585. The van der Waals surface area contributed by atoms with E-state index in [2.05, 4.69) is 10.6 Å². The lowest BCUT2D eigenvalue weighted by atomic mass is 10.1. The number of anilines is 1. The van der Waals surface area contributed by atoms with Gasteiger partial charge in [0.15, 0.2) is 11.5 Å². The van der Waals surface area contributed by atoms with Gasteiger partial charge in [-0.3, -0.25) is 9.59 Å². The van der Waals surface area contributed by atoms with E-state index in [1.165, 1.54) is 14.0 Å². The van der Waals surface area contributed by atoms with Crippen molar-refractivity contribution in [1.29, 1.82) is 0 Å². The molecule has 0 spiro atoms. The van der Waals surface area contributed by atoms with Crippen LogP contribution in [0, 0.1) is 0 Å². The molecule has 8 heteroatoms. The molecule has 2 rings (SSSR count). The number of amides is 2. The highest BCUT2D eigenvalue weighted by Crippen LogP contribution is 2.32. The Bertz CT molecular complexity index is 587. The first kappa shape index (κ1) is 17.0. The molecule has 0 saturated heterocycles. The van der Waals surface area contributed by atoms with Gasteiger partial charge in [-0.05, 0) is 19.1 Å². The molecule has 1 atom stereocenters. The molecule has 1 aromatic carbocycles. The van der Waals surface area contributed by atoms with Gasteiger partial charge in [-0.1, -0.05) is 0 Å². The second-order valence-corrected chi connectivity index (χ2v) is 5.43. The zero-order valence-corrected chi connectivity index (χ0v) is 13.0. The fourth-order valence-corrected chi connectivity index (χ4v) is 2.02. The van der Waals surface area contributed by atoms with Gasteiger partial charge in [-0.15, -0.1) is 0 Å². The molecule has 1 aliphatic rings. The van der Waals surface area contributed by atoms with Crippen LogP contribution in [0.25, 0.3) is 0 Å². The lowest BCUT2D eigenvalue weighted by molar-refractivity contribution is -0.137. The summed E-state index contributed by atoms with van der Waals surface area (Å²) in [6.45, 7) is 2.34. The van der Waals surface area contributed by atoms with E-state index >= 15 is 0 Å². The standard InChI is InChI=1S/C15H20N2O6/c1-15(20,9-21-2)8-16-13(18)14(19)17-10-3-4-11-12(7-10)23-6-5-22-11/h3-4,7,20H,5-6,8-9H2,1-2H3,(H,16,18)(H,17,19). The number of methoxy groups -OCH3 is 1. The van der Waals surface area contributed by atoms with Crippen LogP contribution in [0.5, 0.6) is 11.5 Å². The second kappa shape index (κ2) is 7.30. The molecule has 0 fully saturated rings. The van der Waals surface area contributed by atoms with Crippen molar-refractivity contribution in [3.05, 3.63) is 18.2 Å². The molecule has 1 unspecified atom stereocenters. The molecule has 0 saturated carbocycles. The number of rotatable bonds is 5. The first-order chi connectivity index (χ1) is 10.9. The number of fused-ring (bicyclic) bond motifs is 1. The Morgan fingerprint density at radius 3 is 2.65 bits per heavy atom.